The third kappa shape index (κ3) is 6.35. The lowest BCUT2D eigenvalue weighted by molar-refractivity contribution is 0.119. The van der Waals surface area contributed by atoms with Crippen molar-refractivity contribution in [2.75, 3.05) is 54.4 Å². The van der Waals surface area contributed by atoms with Crippen LogP contribution in [0.15, 0.2) is 67.3 Å². The van der Waals surface area contributed by atoms with Crippen LogP contribution in [0.2, 0.25) is 0 Å². The second-order valence-electron chi connectivity index (χ2n) is 10.6. The molecule has 0 bridgehead atoms. The van der Waals surface area contributed by atoms with Crippen LogP contribution in [0.5, 0.6) is 0 Å². The highest BCUT2D eigenvalue weighted by atomic mass is 16.3. The van der Waals surface area contributed by atoms with Crippen LogP contribution in [0, 0.1) is 0 Å². The monoisotopic (exact) mass is 537 g/mol. The van der Waals surface area contributed by atoms with Crippen molar-refractivity contribution in [3.8, 4) is 0 Å². The zero-order chi connectivity index (χ0) is 27.3. The van der Waals surface area contributed by atoms with Crippen LogP contribution in [0.4, 0.5) is 23.5 Å². The van der Waals surface area contributed by atoms with E-state index in [9.17, 15) is 5.11 Å². The molecule has 206 valence electrons. The molecule has 2 N–H and O–H groups in total. The van der Waals surface area contributed by atoms with Gasteiger partial charge in [-0.05, 0) is 47.7 Å². The number of aliphatic hydroxyl groups excluding tert-OH is 1. The third-order valence-corrected chi connectivity index (χ3v) is 7.42. The smallest absolute Gasteiger partial charge is 0.231 e. The summed E-state index contributed by atoms with van der Waals surface area (Å²) in [7, 11) is 0. The Balaban J connectivity index is 1.05. The van der Waals surface area contributed by atoms with Crippen molar-refractivity contribution >= 4 is 23.5 Å². The van der Waals surface area contributed by atoms with Gasteiger partial charge in [0.05, 0.1) is 6.10 Å². The van der Waals surface area contributed by atoms with E-state index in [1.807, 2.05) is 25.4 Å². The van der Waals surface area contributed by atoms with Gasteiger partial charge in [-0.15, -0.1) is 0 Å². The van der Waals surface area contributed by atoms with Crippen LogP contribution in [0.1, 0.15) is 29.2 Å². The predicted molar refractivity (Wildman–Crippen MR) is 156 cm³/mol. The molecule has 2 aromatic heterocycles. The maximum atomic E-state index is 9.77. The van der Waals surface area contributed by atoms with Gasteiger partial charge < -0.3 is 20.2 Å². The molecule has 0 spiro atoms. The summed E-state index contributed by atoms with van der Waals surface area (Å²) in [6.45, 7) is 7.47. The summed E-state index contributed by atoms with van der Waals surface area (Å²) in [4.78, 5) is 29.5. The average Bonchev–Trinajstić information content (AvgIpc) is 2.98. The maximum Gasteiger partial charge on any atom is 0.231 e. The topological polar surface area (TPSA) is 106 Å². The first-order valence-corrected chi connectivity index (χ1v) is 13.9. The second-order valence-corrected chi connectivity index (χ2v) is 10.6. The Morgan fingerprint density at radius 1 is 0.825 bits per heavy atom. The number of nitrogens with one attached hydrogen (secondary N) is 1. The Bertz CT molecular complexity index is 1410. The fraction of sp³-hybridized carbons (Fsp3) is 0.367. The molecule has 0 amide bonds. The second kappa shape index (κ2) is 11.9. The normalized spacial score (nSPS) is 16.4. The average molecular weight is 538 g/mol. The number of hydrogen-bond donors (Lipinski definition) is 2. The van der Waals surface area contributed by atoms with E-state index < -0.39 is 0 Å². The first kappa shape index (κ1) is 26.1. The van der Waals surface area contributed by atoms with Crippen LogP contribution >= 0.6 is 0 Å². The van der Waals surface area contributed by atoms with Crippen LogP contribution in [-0.2, 0) is 19.4 Å². The summed E-state index contributed by atoms with van der Waals surface area (Å²) >= 11 is 0. The van der Waals surface area contributed by atoms with Crippen molar-refractivity contribution in [1.82, 2.24) is 29.8 Å². The molecular formula is C30H35N9O. The molecule has 40 heavy (non-hydrogen) atoms. The van der Waals surface area contributed by atoms with E-state index in [4.69, 9.17) is 4.98 Å². The van der Waals surface area contributed by atoms with Crippen molar-refractivity contribution in [3.05, 3.63) is 89.5 Å². The molecule has 10 heteroatoms. The zero-order valence-corrected chi connectivity index (χ0v) is 22.8. The van der Waals surface area contributed by atoms with Gasteiger partial charge in [0.15, 0.2) is 0 Å². The summed E-state index contributed by atoms with van der Waals surface area (Å²) in [5.41, 5.74) is 5.95. The number of β-amino-alcohol motifs (C(OH)–C–C–N with tert-alkyl or cyclic N) is 1. The van der Waals surface area contributed by atoms with Gasteiger partial charge in [0.1, 0.15) is 6.33 Å². The van der Waals surface area contributed by atoms with Crippen molar-refractivity contribution in [2.24, 2.45) is 0 Å². The third-order valence-electron chi connectivity index (χ3n) is 7.42. The highest BCUT2D eigenvalue weighted by molar-refractivity contribution is 5.57. The molecule has 1 atom stereocenters. The van der Waals surface area contributed by atoms with Gasteiger partial charge >= 0.3 is 0 Å². The first-order chi connectivity index (χ1) is 19.6. The molecule has 2 aliphatic rings. The highest BCUT2D eigenvalue weighted by Crippen LogP contribution is 2.25. The summed E-state index contributed by atoms with van der Waals surface area (Å²) in [5.74, 6) is 1.95. The summed E-state index contributed by atoms with van der Waals surface area (Å²) in [5, 5.41) is 13.1. The van der Waals surface area contributed by atoms with Crippen LogP contribution in [-0.4, -0.2) is 80.3 Å². The predicted octanol–water partition coefficient (Wildman–Crippen LogP) is 3.06. The van der Waals surface area contributed by atoms with Crippen LogP contribution in [0.25, 0.3) is 0 Å². The Morgan fingerprint density at radius 3 is 2.33 bits per heavy atom. The molecule has 2 aliphatic heterocycles. The van der Waals surface area contributed by atoms with Crippen molar-refractivity contribution < 1.29 is 5.11 Å². The Hall–Kier alpha value is -4.15. The SMILES string of the molecule is CC(O)CN1CCc2ccc(Nc3ncnc(N4CCN(c5ncc(Cc6ccccc6)cn5)CC4)n3)cc2C1. The molecule has 0 radical (unpaired) electrons. The molecule has 10 nitrogen and oxygen atoms in total. The Labute approximate surface area is 234 Å². The number of nitrogens with zero attached hydrogens (tertiary/aromatic N) is 8. The standard InChI is InChI=1S/C30H35N9O/c1-22(40)19-37-10-9-25-7-8-27(16-26(25)20-37)35-28-33-21-34-30(36-28)39-13-11-38(12-14-39)29-31-17-24(18-32-29)15-23-5-3-2-4-6-23/h2-8,16-18,21-22,40H,9-15,19-20H2,1H3,(H,33,34,35,36). The molecule has 6 rings (SSSR count). The molecule has 0 aliphatic carbocycles. The minimum Gasteiger partial charge on any atom is -0.392 e. The number of aromatic nitrogens is 5. The number of anilines is 4. The Morgan fingerprint density at radius 2 is 1.57 bits per heavy atom. The van der Waals surface area contributed by atoms with Crippen molar-refractivity contribution in [2.45, 2.75) is 32.4 Å². The van der Waals surface area contributed by atoms with E-state index in [1.165, 1.54) is 16.7 Å². The lowest BCUT2D eigenvalue weighted by Gasteiger charge is -2.34. The largest absolute Gasteiger partial charge is 0.392 e. The number of rotatable bonds is 8. The minimum absolute atomic E-state index is 0.327. The number of benzene rings is 2. The Kier molecular flexibility index (Phi) is 7.78. The molecule has 1 fully saturated rings. The zero-order valence-electron chi connectivity index (χ0n) is 22.8. The molecule has 1 unspecified atom stereocenters. The minimum atomic E-state index is -0.327. The first-order valence-electron chi connectivity index (χ1n) is 13.9. The van der Waals surface area contributed by atoms with Gasteiger partial charge in [0.25, 0.3) is 0 Å². The molecule has 0 saturated carbocycles. The van der Waals surface area contributed by atoms with E-state index >= 15 is 0 Å². The lowest BCUT2D eigenvalue weighted by Crippen LogP contribution is -2.47. The number of fused-ring (bicyclic) bond motifs is 1. The van der Waals surface area contributed by atoms with E-state index in [0.29, 0.717) is 18.4 Å². The molecular weight excluding hydrogens is 502 g/mol. The molecule has 1 saturated heterocycles. The maximum absolute atomic E-state index is 9.77. The van der Waals surface area contributed by atoms with E-state index in [0.717, 1.165) is 69.3 Å². The lowest BCUT2D eigenvalue weighted by atomic mass is 9.99. The van der Waals surface area contributed by atoms with Gasteiger partial charge in [0, 0.05) is 70.3 Å². The van der Waals surface area contributed by atoms with E-state index in [2.05, 4.69) is 82.4 Å². The van der Waals surface area contributed by atoms with Gasteiger partial charge in [-0.2, -0.15) is 4.98 Å². The van der Waals surface area contributed by atoms with Crippen molar-refractivity contribution in [3.63, 3.8) is 0 Å². The summed E-state index contributed by atoms with van der Waals surface area (Å²) < 4.78 is 0. The molecule has 4 heterocycles. The molecule has 2 aromatic carbocycles. The van der Waals surface area contributed by atoms with E-state index in [1.54, 1.807) is 6.33 Å². The van der Waals surface area contributed by atoms with Crippen LogP contribution < -0.4 is 15.1 Å². The fourth-order valence-corrected chi connectivity index (χ4v) is 5.39. The van der Waals surface area contributed by atoms with Gasteiger partial charge in [0.2, 0.25) is 17.8 Å². The quantitative estimate of drug-likeness (QED) is 0.348. The summed E-state index contributed by atoms with van der Waals surface area (Å²) in [6.07, 6.45) is 6.92. The summed E-state index contributed by atoms with van der Waals surface area (Å²) in [6, 6.07) is 16.8. The van der Waals surface area contributed by atoms with Gasteiger partial charge in [-0.25, -0.2) is 19.9 Å². The van der Waals surface area contributed by atoms with E-state index in [-0.39, 0.29) is 6.10 Å². The number of aliphatic hydroxyl groups is 1. The number of hydrogen-bond acceptors (Lipinski definition) is 10. The van der Waals surface area contributed by atoms with Crippen molar-refractivity contribution in [1.29, 1.82) is 0 Å². The highest BCUT2D eigenvalue weighted by Gasteiger charge is 2.22. The van der Waals surface area contributed by atoms with Gasteiger partial charge in [-0.1, -0.05) is 36.4 Å². The molecule has 4 aromatic rings. The van der Waals surface area contributed by atoms with Crippen LogP contribution in [0.3, 0.4) is 0 Å². The van der Waals surface area contributed by atoms with Gasteiger partial charge in [-0.3, -0.25) is 4.90 Å². The fourth-order valence-electron chi connectivity index (χ4n) is 5.39. The number of piperazine rings is 1.